The van der Waals surface area contributed by atoms with Gasteiger partial charge in [0, 0.05) is 19.1 Å². The van der Waals surface area contributed by atoms with Gasteiger partial charge in [0.2, 0.25) is 5.91 Å². The van der Waals surface area contributed by atoms with E-state index >= 15 is 0 Å². The molecule has 2 amide bonds. The van der Waals surface area contributed by atoms with Crippen LogP contribution < -0.4 is 5.32 Å². The number of carbonyl (C=O) groups is 2. The van der Waals surface area contributed by atoms with Crippen LogP contribution in [-0.4, -0.2) is 41.6 Å². The van der Waals surface area contributed by atoms with E-state index in [2.05, 4.69) is 5.32 Å². The highest BCUT2D eigenvalue weighted by atomic mass is 16.6. The summed E-state index contributed by atoms with van der Waals surface area (Å²) in [6, 6.07) is 0.0613. The normalized spacial score (nSPS) is 17.8. The van der Waals surface area contributed by atoms with Gasteiger partial charge in [0.15, 0.2) is 0 Å². The summed E-state index contributed by atoms with van der Waals surface area (Å²) >= 11 is 0. The van der Waals surface area contributed by atoms with Gasteiger partial charge >= 0.3 is 6.09 Å². The molecule has 0 unspecified atom stereocenters. The van der Waals surface area contributed by atoms with Crippen LogP contribution in [0.4, 0.5) is 4.79 Å². The third kappa shape index (κ3) is 5.06. The second kappa shape index (κ2) is 5.38. The molecule has 1 aliphatic heterocycles. The van der Waals surface area contributed by atoms with Gasteiger partial charge in [-0.2, -0.15) is 0 Å². The molecule has 1 N–H and O–H groups in total. The van der Waals surface area contributed by atoms with Gasteiger partial charge in [-0.25, -0.2) is 4.79 Å². The number of carbonyl (C=O) groups excluding carboxylic acids is 2. The summed E-state index contributed by atoms with van der Waals surface area (Å²) in [5.74, 6) is -0.513. The first-order chi connectivity index (χ1) is 7.78. The minimum absolute atomic E-state index is 0.0613. The van der Waals surface area contributed by atoms with Gasteiger partial charge < -0.3 is 15.0 Å². The topological polar surface area (TPSA) is 58.6 Å². The predicted octanol–water partition coefficient (Wildman–Crippen LogP) is 1.21. The number of rotatable bonds is 1. The van der Waals surface area contributed by atoms with Crippen molar-refractivity contribution in [3.05, 3.63) is 6.92 Å². The van der Waals surface area contributed by atoms with Crippen LogP contribution >= 0.6 is 0 Å². The number of hydrogen-bond acceptors (Lipinski definition) is 3. The fourth-order valence-corrected chi connectivity index (χ4v) is 1.73. The van der Waals surface area contributed by atoms with Gasteiger partial charge in [0.25, 0.3) is 0 Å². The molecule has 17 heavy (non-hydrogen) atoms. The largest absolute Gasteiger partial charge is 0.444 e. The summed E-state index contributed by atoms with van der Waals surface area (Å²) in [5, 5.41) is 2.65. The molecule has 1 heterocycles. The Labute approximate surface area is 102 Å². The molecule has 0 bridgehead atoms. The Balaban J connectivity index is 2.36. The standard InChI is InChI=1S/C12H20N2O3/c1-9(15)13-10-5-7-14(8-6-10)11(16)17-12(2,3)4/h1,10H,5-8H2,2-4H3,(H,13,15). The molecule has 0 aromatic rings. The van der Waals surface area contributed by atoms with Crippen molar-refractivity contribution in [3.63, 3.8) is 0 Å². The number of nitrogens with zero attached hydrogens (tertiary/aromatic N) is 1. The molecule has 96 valence electrons. The van der Waals surface area contributed by atoms with Crippen LogP contribution in [-0.2, 0) is 9.53 Å². The van der Waals surface area contributed by atoms with Crippen LogP contribution in [0.5, 0.6) is 0 Å². The summed E-state index contributed by atoms with van der Waals surface area (Å²) < 4.78 is 5.27. The number of likely N-dealkylation sites (tertiary alicyclic amines) is 1. The van der Waals surface area contributed by atoms with E-state index in [0.29, 0.717) is 25.9 Å². The lowest BCUT2D eigenvalue weighted by Crippen LogP contribution is -2.47. The smallest absolute Gasteiger partial charge is 0.410 e. The second-order valence-corrected chi connectivity index (χ2v) is 5.25. The molecule has 0 aromatic heterocycles. The van der Waals surface area contributed by atoms with Gasteiger partial charge in [0.05, 0.1) is 6.92 Å². The Hall–Kier alpha value is -1.26. The average Bonchev–Trinajstić information content (AvgIpc) is 2.15. The fraction of sp³-hybridized carbons (Fsp3) is 0.750. The van der Waals surface area contributed by atoms with E-state index < -0.39 is 11.5 Å². The van der Waals surface area contributed by atoms with E-state index in [1.54, 1.807) is 4.90 Å². The molecule has 5 heteroatoms. The molecule has 1 aliphatic rings. The van der Waals surface area contributed by atoms with Crippen LogP contribution in [0.15, 0.2) is 0 Å². The molecule has 5 nitrogen and oxygen atoms in total. The van der Waals surface area contributed by atoms with Gasteiger partial charge in [-0.1, -0.05) is 0 Å². The van der Waals surface area contributed by atoms with E-state index in [1.165, 1.54) is 0 Å². The lowest BCUT2D eigenvalue weighted by molar-refractivity contribution is -0.117. The number of nitrogens with one attached hydrogen (secondary N) is 1. The average molecular weight is 240 g/mol. The maximum absolute atomic E-state index is 11.7. The van der Waals surface area contributed by atoms with Crippen LogP contribution in [0.25, 0.3) is 0 Å². The first-order valence-corrected chi connectivity index (χ1v) is 5.82. The van der Waals surface area contributed by atoms with E-state index in [4.69, 9.17) is 11.7 Å². The van der Waals surface area contributed by atoms with Gasteiger partial charge in [-0.05, 0) is 33.6 Å². The summed E-state index contributed by atoms with van der Waals surface area (Å²) in [6.07, 6.45) is 1.12. The molecule has 0 atom stereocenters. The summed E-state index contributed by atoms with van der Waals surface area (Å²) in [6.45, 7) is 11.7. The Morgan fingerprint density at radius 1 is 1.29 bits per heavy atom. The zero-order valence-electron chi connectivity index (χ0n) is 10.7. The first kappa shape index (κ1) is 13.8. The third-order valence-corrected chi connectivity index (χ3v) is 2.49. The van der Waals surface area contributed by atoms with Crippen molar-refractivity contribution in [1.82, 2.24) is 10.2 Å². The zero-order chi connectivity index (χ0) is 13.1. The monoisotopic (exact) mass is 240 g/mol. The third-order valence-electron chi connectivity index (χ3n) is 2.49. The molecule has 1 fully saturated rings. The maximum Gasteiger partial charge on any atom is 0.410 e. The molecule has 1 saturated heterocycles. The van der Waals surface area contributed by atoms with Crippen LogP contribution in [0.3, 0.4) is 0 Å². The molecule has 0 aliphatic carbocycles. The fourth-order valence-electron chi connectivity index (χ4n) is 1.73. The van der Waals surface area contributed by atoms with Crippen molar-refractivity contribution < 1.29 is 14.3 Å². The van der Waals surface area contributed by atoms with Gasteiger partial charge in [0.1, 0.15) is 5.60 Å². The van der Waals surface area contributed by atoms with Crippen LogP contribution in [0.1, 0.15) is 33.6 Å². The summed E-state index contributed by atoms with van der Waals surface area (Å²) in [5.41, 5.74) is -0.473. The Morgan fingerprint density at radius 2 is 1.82 bits per heavy atom. The number of amides is 2. The van der Waals surface area contributed by atoms with E-state index in [1.807, 2.05) is 20.8 Å². The van der Waals surface area contributed by atoms with Gasteiger partial charge in [-0.15, -0.1) is 0 Å². The quantitative estimate of drug-likeness (QED) is 0.749. The highest BCUT2D eigenvalue weighted by molar-refractivity contribution is 5.80. The van der Waals surface area contributed by atoms with E-state index in [0.717, 1.165) is 0 Å². The molecule has 1 rings (SSSR count). The van der Waals surface area contributed by atoms with Crippen LogP contribution in [0, 0.1) is 6.92 Å². The number of hydrogen-bond donors (Lipinski definition) is 1. The summed E-state index contributed by atoms with van der Waals surface area (Å²) in [4.78, 5) is 24.1. The van der Waals surface area contributed by atoms with Crippen molar-refractivity contribution in [2.75, 3.05) is 13.1 Å². The zero-order valence-corrected chi connectivity index (χ0v) is 10.7. The predicted molar refractivity (Wildman–Crippen MR) is 63.3 cm³/mol. The minimum atomic E-state index is -0.513. The van der Waals surface area contributed by atoms with Crippen molar-refractivity contribution in [3.8, 4) is 0 Å². The molecular formula is C12H20N2O3. The minimum Gasteiger partial charge on any atom is -0.444 e. The van der Waals surface area contributed by atoms with E-state index in [-0.39, 0.29) is 12.1 Å². The molecular weight excluding hydrogens is 220 g/mol. The second-order valence-electron chi connectivity index (χ2n) is 5.25. The van der Waals surface area contributed by atoms with Crippen molar-refractivity contribution in [1.29, 1.82) is 0 Å². The first-order valence-electron chi connectivity index (χ1n) is 5.82. The lowest BCUT2D eigenvalue weighted by Gasteiger charge is -2.33. The maximum atomic E-state index is 11.7. The highest BCUT2D eigenvalue weighted by Gasteiger charge is 2.26. The Bertz CT molecular complexity index is 289. The molecule has 2 radical (unpaired) electrons. The number of piperidine rings is 1. The van der Waals surface area contributed by atoms with Crippen LogP contribution in [0.2, 0.25) is 0 Å². The van der Waals surface area contributed by atoms with Crippen molar-refractivity contribution in [2.24, 2.45) is 0 Å². The molecule has 0 spiro atoms. The Kier molecular flexibility index (Phi) is 4.37. The molecule has 0 saturated carbocycles. The Morgan fingerprint density at radius 3 is 2.24 bits per heavy atom. The molecule has 0 aromatic carbocycles. The number of ether oxygens (including phenoxy) is 1. The van der Waals surface area contributed by atoms with Gasteiger partial charge in [-0.3, -0.25) is 4.79 Å². The summed E-state index contributed by atoms with van der Waals surface area (Å²) in [7, 11) is 0. The SMILES string of the molecule is [CH]C(=O)NC1CCN(C(=O)OC(C)(C)C)CC1. The van der Waals surface area contributed by atoms with E-state index in [9.17, 15) is 9.59 Å². The lowest BCUT2D eigenvalue weighted by atomic mass is 10.1. The highest BCUT2D eigenvalue weighted by Crippen LogP contribution is 2.15. The van der Waals surface area contributed by atoms with Crippen molar-refractivity contribution >= 4 is 12.0 Å². The van der Waals surface area contributed by atoms with Crippen molar-refractivity contribution in [2.45, 2.75) is 45.3 Å².